The minimum atomic E-state index is -4.46. The number of aliphatic hydroxyl groups excluding tert-OH is 1. The maximum atomic E-state index is 11.8. The number of phosphoric acid groups is 1. The van der Waals surface area contributed by atoms with E-state index in [0.717, 1.165) is 4.57 Å². The molecule has 0 amide bonds. The number of hydrogen-bond donors (Lipinski definition) is 2. The number of hydrogen-bond acceptors (Lipinski definition) is 9. The normalized spacial score (nSPS) is 38.0. The number of rotatable bonds is 2. The Morgan fingerprint density at radius 2 is 2.14 bits per heavy atom. The van der Waals surface area contributed by atoms with Gasteiger partial charge < -0.3 is 29.5 Å². The predicted octanol–water partition coefficient (Wildman–Crippen LogP) is -5.03. The van der Waals surface area contributed by atoms with Crippen molar-refractivity contribution in [1.29, 1.82) is 0 Å². The quantitative estimate of drug-likeness (QED) is 0.402. The van der Waals surface area contributed by atoms with Crippen LogP contribution < -0.4 is 45.9 Å². The van der Waals surface area contributed by atoms with Gasteiger partial charge in [-0.25, -0.2) is 4.79 Å². The largest absolute Gasteiger partial charge is 1.00 e. The second-order valence-electron chi connectivity index (χ2n) is 4.38. The topological polar surface area (TPSA) is 149 Å². The Morgan fingerprint density at radius 3 is 2.76 bits per heavy atom. The molecule has 0 aromatic carbocycles. The molecule has 2 aliphatic rings. The molecule has 2 saturated heterocycles. The Kier molecular flexibility index (Phi) is 4.94. The Bertz CT molecular complexity index is 640. The van der Waals surface area contributed by atoms with E-state index in [4.69, 9.17) is 19.5 Å². The summed E-state index contributed by atoms with van der Waals surface area (Å²) in [5.74, 6) is 0.0255. The van der Waals surface area contributed by atoms with Gasteiger partial charge in [0, 0.05) is 6.20 Å². The average molecular weight is 327 g/mol. The van der Waals surface area contributed by atoms with Gasteiger partial charge in [0.25, 0.3) is 7.82 Å². The van der Waals surface area contributed by atoms with Crippen molar-refractivity contribution >= 4 is 13.6 Å². The second kappa shape index (κ2) is 6.07. The summed E-state index contributed by atoms with van der Waals surface area (Å²) in [6, 6.07) is 1.36. The van der Waals surface area contributed by atoms with Crippen LogP contribution in [0.2, 0.25) is 0 Å². The minimum Gasteiger partial charge on any atom is -0.756 e. The maximum absolute atomic E-state index is 11.8. The first-order valence-electron chi connectivity index (χ1n) is 5.70. The number of aromatic nitrogens is 2. The van der Waals surface area contributed by atoms with Crippen molar-refractivity contribution in [3.05, 3.63) is 22.7 Å². The standard InChI is InChI=1S/C9H12N3O7P.Na/c10-5-1-2-12(9(14)11-5)8-7-6(4(3-13)17-8)18-20(15,16)19-7;/h1-2,4,6-8,13H,3H2,(H,15,16)(H2,10,11,14);/q;+1/p-1. The molecule has 3 N–H and O–H groups in total. The van der Waals surface area contributed by atoms with E-state index in [1.807, 2.05) is 0 Å². The summed E-state index contributed by atoms with van der Waals surface area (Å²) in [6.07, 6.45) is -2.73. The summed E-state index contributed by atoms with van der Waals surface area (Å²) in [4.78, 5) is 26.6. The molecule has 2 aliphatic heterocycles. The van der Waals surface area contributed by atoms with Gasteiger partial charge in [-0.2, -0.15) is 4.98 Å². The predicted molar refractivity (Wildman–Crippen MR) is 61.3 cm³/mol. The zero-order valence-electron chi connectivity index (χ0n) is 11.0. The number of nitrogen functional groups attached to an aromatic ring is 1. The van der Waals surface area contributed by atoms with Gasteiger partial charge in [0.05, 0.1) is 6.61 Å². The zero-order chi connectivity index (χ0) is 14.5. The van der Waals surface area contributed by atoms with Crippen LogP contribution in [-0.4, -0.2) is 39.6 Å². The van der Waals surface area contributed by atoms with E-state index in [2.05, 4.69) is 4.98 Å². The molecule has 0 aliphatic carbocycles. The summed E-state index contributed by atoms with van der Waals surface area (Å²) in [7, 11) is -4.46. The van der Waals surface area contributed by atoms with Crippen molar-refractivity contribution in [2.75, 3.05) is 12.3 Å². The van der Waals surface area contributed by atoms with Crippen LogP contribution in [0.4, 0.5) is 5.82 Å². The molecule has 5 unspecified atom stereocenters. The molecule has 10 nitrogen and oxygen atoms in total. The molecule has 21 heavy (non-hydrogen) atoms. The molecule has 2 fully saturated rings. The minimum absolute atomic E-state index is 0. The Hall–Kier alpha value is -0.290. The van der Waals surface area contributed by atoms with Crippen molar-refractivity contribution in [2.45, 2.75) is 24.5 Å². The molecular weight excluding hydrogens is 316 g/mol. The van der Waals surface area contributed by atoms with Crippen molar-refractivity contribution in [1.82, 2.24) is 9.55 Å². The number of phosphoric ester groups is 1. The summed E-state index contributed by atoms with van der Waals surface area (Å²) in [5, 5.41) is 9.19. The van der Waals surface area contributed by atoms with Gasteiger partial charge in [0.15, 0.2) is 6.23 Å². The van der Waals surface area contributed by atoms with Gasteiger partial charge in [-0.05, 0) is 6.07 Å². The first-order valence-corrected chi connectivity index (χ1v) is 7.16. The van der Waals surface area contributed by atoms with Gasteiger partial charge in [-0.1, -0.05) is 0 Å². The van der Waals surface area contributed by atoms with E-state index >= 15 is 0 Å². The summed E-state index contributed by atoms with van der Waals surface area (Å²) in [6.45, 7) is -0.474. The van der Waals surface area contributed by atoms with Gasteiger partial charge in [-0.3, -0.25) is 9.13 Å². The number of nitrogens with two attached hydrogens (primary N) is 1. The Labute approximate surface area is 140 Å². The molecule has 110 valence electrons. The molecule has 3 rings (SSSR count). The molecule has 0 radical (unpaired) electrons. The summed E-state index contributed by atoms with van der Waals surface area (Å²) in [5.41, 5.74) is 4.65. The monoisotopic (exact) mass is 327 g/mol. The Morgan fingerprint density at radius 1 is 1.48 bits per heavy atom. The molecule has 1 aromatic heterocycles. The van der Waals surface area contributed by atoms with E-state index in [-0.39, 0.29) is 35.4 Å². The van der Waals surface area contributed by atoms with Crippen LogP contribution in [0.3, 0.4) is 0 Å². The number of ether oxygens (including phenoxy) is 1. The molecule has 0 bridgehead atoms. The van der Waals surface area contributed by atoms with E-state index in [1.54, 1.807) is 0 Å². The van der Waals surface area contributed by atoms with Crippen LogP contribution in [-0.2, 0) is 18.3 Å². The molecule has 5 atom stereocenters. The van der Waals surface area contributed by atoms with Crippen LogP contribution in [0.15, 0.2) is 17.1 Å². The van der Waals surface area contributed by atoms with Crippen molar-refractivity contribution in [3.8, 4) is 0 Å². The molecule has 0 spiro atoms. The van der Waals surface area contributed by atoms with Gasteiger partial charge in [0.2, 0.25) is 0 Å². The molecule has 1 aromatic rings. The fraction of sp³-hybridized carbons (Fsp3) is 0.556. The van der Waals surface area contributed by atoms with E-state index in [9.17, 15) is 19.4 Å². The number of fused-ring (bicyclic) bond motifs is 1. The van der Waals surface area contributed by atoms with Gasteiger partial charge in [-0.15, -0.1) is 0 Å². The average Bonchev–Trinajstić information content (AvgIpc) is 2.83. The number of aliphatic hydroxyl groups is 1. The number of anilines is 1. The number of nitrogens with zero attached hydrogens (tertiary/aromatic N) is 2. The van der Waals surface area contributed by atoms with E-state index in [0.29, 0.717) is 0 Å². The van der Waals surface area contributed by atoms with Crippen LogP contribution >= 0.6 is 7.82 Å². The zero-order valence-corrected chi connectivity index (χ0v) is 13.9. The van der Waals surface area contributed by atoms with E-state index < -0.39 is 44.7 Å². The van der Waals surface area contributed by atoms with Crippen molar-refractivity contribution in [2.24, 2.45) is 0 Å². The fourth-order valence-electron chi connectivity index (χ4n) is 2.26. The molecule has 12 heteroatoms. The van der Waals surface area contributed by atoms with Gasteiger partial charge in [0.1, 0.15) is 24.1 Å². The molecule has 3 heterocycles. The SMILES string of the molecule is Nc1ccn(C2OC(CO)C3OP(=O)([O-])OC32)c(=O)n1.[Na+]. The van der Waals surface area contributed by atoms with E-state index in [1.165, 1.54) is 12.3 Å². The first-order chi connectivity index (χ1) is 9.41. The summed E-state index contributed by atoms with van der Waals surface area (Å²) >= 11 is 0. The maximum Gasteiger partial charge on any atom is 1.00 e. The van der Waals surface area contributed by atoms with Crippen LogP contribution in [0, 0.1) is 0 Å². The van der Waals surface area contributed by atoms with Gasteiger partial charge >= 0.3 is 35.2 Å². The second-order valence-corrected chi connectivity index (χ2v) is 5.69. The molecular formula is C9H11N3NaO7P. The van der Waals surface area contributed by atoms with Crippen molar-refractivity contribution < 1.29 is 57.9 Å². The smallest absolute Gasteiger partial charge is 0.756 e. The third kappa shape index (κ3) is 3.09. The molecule has 0 saturated carbocycles. The van der Waals surface area contributed by atoms with Crippen molar-refractivity contribution in [3.63, 3.8) is 0 Å². The third-order valence-corrected chi connectivity index (χ3v) is 4.10. The third-order valence-electron chi connectivity index (χ3n) is 3.09. The fourth-order valence-corrected chi connectivity index (χ4v) is 3.39. The summed E-state index contributed by atoms with van der Waals surface area (Å²) < 4.78 is 27.3. The van der Waals surface area contributed by atoms with Crippen LogP contribution in [0.25, 0.3) is 0 Å². The Balaban J connectivity index is 0.00000161. The van der Waals surface area contributed by atoms with Crippen LogP contribution in [0.5, 0.6) is 0 Å². The van der Waals surface area contributed by atoms with Crippen LogP contribution in [0.1, 0.15) is 6.23 Å². The first kappa shape index (κ1) is 17.1.